The summed E-state index contributed by atoms with van der Waals surface area (Å²) in [5, 5.41) is 0. The van der Waals surface area contributed by atoms with Crippen molar-refractivity contribution >= 4 is 11.9 Å². The van der Waals surface area contributed by atoms with Crippen molar-refractivity contribution in [3.05, 3.63) is 24.3 Å². The third kappa shape index (κ3) is 49.0. The molecular weight excluding hydrogens is 741 g/mol. The fourth-order valence-electron chi connectivity index (χ4n) is 7.95. The number of ether oxygens (including phenoxy) is 3. The summed E-state index contributed by atoms with van der Waals surface area (Å²) in [6, 6.07) is 0. The van der Waals surface area contributed by atoms with E-state index < -0.39 is 6.10 Å². The lowest BCUT2D eigenvalue weighted by molar-refractivity contribution is -0.163. The van der Waals surface area contributed by atoms with Crippen LogP contribution in [0, 0.1) is 0 Å². The van der Waals surface area contributed by atoms with Crippen molar-refractivity contribution in [2.75, 3.05) is 19.8 Å². The molecule has 0 fully saturated rings. The van der Waals surface area contributed by atoms with E-state index >= 15 is 0 Å². The zero-order valence-corrected chi connectivity index (χ0v) is 40.7. The summed E-state index contributed by atoms with van der Waals surface area (Å²) in [5.41, 5.74) is 0. The van der Waals surface area contributed by atoms with Crippen LogP contribution >= 0.6 is 0 Å². The van der Waals surface area contributed by atoms with Gasteiger partial charge >= 0.3 is 11.9 Å². The monoisotopic (exact) mass is 845 g/mol. The van der Waals surface area contributed by atoms with E-state index in [0.29, 0.717) is 26.1 Å². The van der Waals surface area contributed by atoms with Gasteiger partial charge in [0.05, 0.1) is 6.61 Å². The molecule has 0 aromatic rings. The summed E-state index contributed by atoms with van der Waals surface area (Å²) in [7, 11) is 0. The maximum absolute atomic E-state index is 12.6. The molecule has 0 N–H and O–H groups in total. The Bertz CT molecular complexity index is 913. The second kappa shape index (κ2) is 51.7. The summed E-state index contributed by atoms with van der Waals surface area (Å²) in [6.45, 7) is 7.79. The Kier molecular flexibility index (Phi) is 50.3. The maximum atomic E-state index is 12.6. The highest BCUT2D eigenvalue weighted by molar-refractivity contribution is 5.70. The van der Waals surface area contributed by atoms with E-state index in [-0.39, 0.29) is 18.5 Å². The minimum Gasteiger partial charge on any atom is -0.462 e. The predicted octanol–water partition coefficient (Wildman–Crippen LogP) is 18.0. The number of carbonyl (C=O) groups is 2. The highest BCUT2D eigenvalue weighted by Gasteiger charge is 2.17. The smallest absolute Gasteiger partial charge is 0.306 e. The van der Waals surface area contributed by atoms with E-state index in [1.807, 2.05) is 0 Å². The zero-order valence-electron chi connectivity index (χ0n) is 40.7. The van der Waals surface area contributed by atoms with Gasteiger partial charge in [-0.2, -0.15) is 0 Å². The number of rotatable bonds is 50. The Morgan fingerprint density at radius 3 is 1.13 bits per heavy atom. The van der Waals surface area contributed by atoms with Gasteiger partial charge in [0, 0.05) is 19.4 Å². The van der Waals surface area contributed by atoms with Gasteiger partial charge < -0.3 is 14.2 Å². The van der Waals surface area contributed by atoms with Gasteiger partial charge in [-0.15, -0.1) is 0 Å². The van der Waals surface area contributed by atoms with Gasteiger partial charge in [-0.05, 0) is 51.4 Å². The Morgan fingerprint density at radius 1 is 0.367 bits per heavy atom. The number of carbonyl (C=O) groups excluding carboxylic acids is 2. The van der Waals surface area contributed by atoms with E-state index in [4.69, 9.17) is 14.2 Å². The molecule has 0 aliphatic rings. The Hall–Kier alpha value is -1.62. The third-order valence-electron chi connectivity index (χ3n) is 12.0. The fraction of sp³-hybridized carbons (Fsp3) is 0.891. The molecule has 1 atom stereocenters. The van der Waals surface area contributed by atoms with Crippen LogP contribution in [0.4, 0.5) is 0 Å². The van der Waals surface area contributed by atoms with Crippen LogP contribution < -0.4 is 0 Å². The average molecular weight is 845 g/mol. The molecule has 1 unspecified atom stereocenters. The SMILES string of the molecule is CCCCC/C=C\C/C=C\CCCCCCCCCCCC(=O)OCC(COCCCCCCCCCCCCCCCCCCCCCC)OC(=O)CCCCCCC. The lowest BCUT2D eigenvalue weighted by atomic mass is 10.0. The zero-order chi connectivity index (χ0) is 43.5. The summed E-state index contributed by atoms with van der Waals surface area (Å²) in [6.07, 6.45) is 60.8. The van der Waals surface area contributed by atoms with Gasteiger partial charge in [-0.3, -0.25) is 9.59 Å². The van der Waals surface area contributed by atoms with Crippen LogP contribution in [-0.4, -0.2) is 37.9 Å². The lowest BCUT2D eigenvalue weighted by Crippen LogP contribution is -2.30. The first-order chi connectivity index (χ1) is 29.6. The Labute approximate surface area is 375 Å². The summed E-state index contributed by atoms with van der Waals surface area (Å²) in [4.78, 5) is 25.1. The third-order valence-corrected chi connectivity index (χ3v) is 12.0. The minimum absolute atomic E-state index is 0.0889. The highest BCUT2D eigenvalue weighted by Crippen LogP contribution is 2.16. The lowest BCUT2D eigenvalue weighted by Gasteiger charge is -2.18. The Morgan fingerprint density at radius 2 is 0.700 bits per heavy atom. The topological polar surface area (TPSA) is 61.8 Å². The normalized spacial score (nSPS) is 12.2. The van der Waals surface area contributed by atoms with Gasteiger partial charge in [0.25, 0.3) is 0 Å². The van der Waals surface area contributed by atoms with E-state index in [1.165, 1.54) is 212 Å². The van der Waals surface area contributed by atoms with Crippen molar-refractivity contribution in [2.24, 2.45) is 0 Å². The molecule has 5 nitrogen and oxygen atoms in total. The molecule has 0 saturated heterocycles. The Balaban J connectivity index is 3.94. The predicted molar refractivity (Wildman–Crippen MR) is 261 cm³/mol. The number of allylic oxidation sites excluding steroid dienone is 4. The first kappa shape index (κ1) is 58.4. The van der Waals surface area contributed by atoms with Crippen LogP contribution in [0.2, 0.25) is 0 Å². The van der Waals surface area contributed by atoms with Crippen LogP contribution in [0.1, 0.15) is 290 Å². The molecule has 0 aliphatic heterocycles. The van der Waals surface area contributed by atoms with E-state index in [1.54, 1.807) is 0 Å². The molecule has 0 amide bonds. The van der Waals surface area contributed by atoms with Gasteiger partial charge in [0.1, 0.15) is 6.61 Å². The number of hydrogen-bond donors (Lipinski definition) is 0. The quantitative estimate of drug-likeness (QED) is 0.0347. The molecule has 0 aromatic heterocycles. The second-order valence-electron chi connectivity index (χ2n) is 18.1. The summed E-state index contributed by atoms with van der Waals surface area (Å²) >= 11 is 0. The van der Waals surface area contributed by atoms with E-state index in [9.17, 15) is 9.59 Å². The van der Waals surface area contributed by atoms with Crippen molar-refractivity contribution in [3.8, 4) is 0 Å². The molecule has 0 heterocycles. The molecule has 5 heteroatoms. The molecule has 0 bridgehead atoms. The minimum atomic E-state index is -0.527. The first-order valence-corrected chi connectivity index (χ1v) is 26.9. The van der Waals surface area contributed by atoms with Crippen molar-refractivity contribution in [3.63, 3.8) is 0 Å². The van der Waals surface area contributed by atoms with Crippen molar-refractivity contribution < 1.29 is 23.8 Å². The largest absolute Gasteiger partial charge is 0.462 e. The van der Waals surface area contributed by atoms with Gasteiger partial charge in [-0.25, -0.2) is 0 Å². The van der Waals surface area contributed by atoms with Crippen molar-refractivity contribution in [1.82, 2.24) is 0 Å². The summed E-state index contributed by atoms with van der Waals surface area (Å²) < 4.78 is 17.3. The van der Waals surface area contributed by atoms with E-state index in [0.717, 1.165) is 44.9 Å². The van der Waals surface area contributed by atoms with Crippen LogP contribution in [0.15, 0.2) is 24.3 Å². The average Bonchev–Trinajstić information content (AvgIpc) is 3.25. The molecule has 0 aromatic carbocycles. The molecule has 0 aliphatic carbocycles. The van der Waals surface area contributed by atoms with Gasteiger partial charge in [0.15, 0.2) is 6.10 Å². The van der Waals surface area contributed by atoms with Crippen LogP contribution in [-0.2, 0) is 23.8 Å². The van der Waals surface area contributed by atoms with Gasteiger partial charge in [-0.1, -0.05) is 251 Å². The van der Waals surface area contributed by atoms with Gasteiger partial charge in [0.2, 0.25) is 0 Å². The maximum Gasteiger partial charge on any atom is 0.306 e. The number of hydrogen-bond acceptors (Lipinski definition) is 5. The van der Waals surface area contributed by atoms with Crippen LogP contribution in [0.25, 0.3) is 0 Å². The molecule has 60 heavy (non-hydrogen) atoms. The first-order valence-electron chi connectivity index (χ1n) is 26.9. The second-order valence-corrected chi connectivity index (χ2v) is 18.1. The fourth-order valence-corrected chi connectivity index (χ4v) is 7.95. The molecule has 0 rings (SSSR count). The molecule has 354 valence electrons. The standard InChI is InChI=1S/C55H104O5/c1-4-7-10-13-15-17-19-21-23-25-27-29-31-33-35-37-39-41-44-47-50-58-51-53(60-55(57)49-46-42-12-9-6-3)52-59-54(56)48-45-43-40-38-36-34-32-30-28-26-24-22-20-18-16-14-11-8-5-2/h16,18,22,24,53H,4-15,17,19-21,23,25-52H2,1-3H3/b18-16-,24-22-. The van der Waals surface area contributed by atoms with Crippen LogP contribution in [0.3, 0.4) is 0 Å². The number of unbranched alkanes of at least 4 members (excludes halogenated alkanes) is 35. The molecule has 0 radical (unpaired) electrons. The van der Waals surface area contributed by atoms with Crippen LogP contribution in [0.5, 0.6) is 0 Å². The van der Waals surface area contributed by atoms with Crippen molar-refractivity contribution in [1.29, 1.82) is 0 Å². The number of esters is 2. The highest BCUT2D eigenvalue weighted by atomic mass is 16.6. The molecule has 0 spiro atoms. The van der Waals surface area contributed by atoms with E-state index in [2.05, 4.69) is 45.1 Å². The van der Waals surface area contributed by atoms with Crippen molar-refractivity contribution in [2.45, 2.75) is 297 Å². The summed E-state index contributed by atoms with van der Waals surface area (Å²) in [5.74, 6) is -0.398. The molecular formula is C55H104O5. The molecule has 0 saturated carbocycles.